The number of carbonyl (C=O) groups is 2. The monoisotopic (exact) mass is 368 g/mol. The number of carbonyl (C=O) groups excluding carboxylic acids is 2. The molecule has 0 aliphatic heterocycles. The fraction of sp³-hybridized carbons (Fsp3) is 0.200. The highest BCUT2D eigenvalue weighted by Crippen LogP contribution is 2.30. The van der Waals surface area contributed by atoms with Crippen LogP contribution in [0.15, 0.2) is 60.0 Å². The molecule has 0 unspecified atom stereocenters. The van der Waals surface area contributed by atoms with E-state index in [-0.39, 0.29) is 0 Å². The first-order chi connectivity index (χ1) is 12.2. The first-order valence-corrected chi connectivity index (χ1v) is 8.99. The first-order valence-electron chi connectivity index (χ1n) is 8.11. The van der Waals surface area contributed by atoms with Crippen LogP contribution in [0.3, 0.4) is 0 Å². The number of esters is 2. The van der Waals surface area contributed by atoms with Crippen LogP contribution in [0.2, 0.25) is 0 Å². The van der Waals surface area contributed by atoms with Crippen molar-refractivity contribution in [1.29, 1.82) is 0 Å². The van der Waals surface area contributed by atoms with Crippen molar-refractivity contribution in [3.63, 3.8) is 0 Å². The summed E-state index contributed by atoms with van der Waals surface area (Å²) in [5, 5.41) is 3.58. The molecule has 0 saturated carbocycles. The summed E-state index contributed by atoms with van der Waals surface area (Å²) < 4.78 is 5.09. The van der Waals surface area contributed by atoms with Crippen LogP contribution in [0.1, 0.15) is 24.3 Å². The summed E-state index contributed by atoms with van der Waals surface area (Å²) in [6.07, 6.45) is 0. The van der Waals surface area contributed by atoms with E-state index in [0.29, 0.717) is 10.4 Å². The van der Waals surface area contributed by atoms with Crippen molar-refractivity contribution < 1.29 is 14.3 Å². The van der Waals surface area contributed by atoms with Crippen molar-refractivity contribution >= 4 is 34.0 Å². The van der Waals surface area contributed by atoms with Gasteiger partial charge >= 0.3 is 11.9 Å². The minimum absolute atomic E-state index is 0.586. The average Bonchev–Trinajstić information content (AvgIpc) is 3.16. The normalized spacial score (nSPS) is 15.8. The molecule has 1 heterocycles. The topological polar surface area (TPSA) is 95.4 Å². The Morgan fingerprint density at radius 1 is 0.885 bits per heavy atom. The molecule has 0 saturated heterocycles. The van der Waals surface area contributed by atoms with Crippen molar-refractivity contribution in [2.45, 2.75) is 24.9 Å². The van der Waals surface area contributed by atoms with E-state index in [1.807, 2.05) is 36.4 Å². The largest absolute Gasteiger partial charge is 0.390 e. The van der Waals surface area contributed by atoms with Gasteiger partial charge in [-0.25, -0.2) is 9.59 Å². The number of nitrogens with two attached hydrogens (primary N) is 2. The Balaban J connectivity index is 1.90. The predicted molar refractivity (Wildman–Crippen MR) is 102 cm³/mol. The lowest BCUT2D eigenvalue weighted by molar-refractivity contribution is -0.167. The standard InChI is InChI=1S/C20H20N2O3S/c1-19(21,15-10-5-8-13-7-3-4-9-14(13)15)17(23)25-18(24)20(2,22)16-11-6-12-26-16/h3-12H,21-22H2,1-2H3/t19-,20-/m1/s1. The molecular weight excluding hydrogens is 348 g/mol. The molecular formula is C20H20N2O3S. The van der Waals surface area contributed by atoms with E-state index >= 15 is 0 Å². The molecule has 4 N–H and O–H groups in total. The van der Waals surface area contributed by atoms with E-state index in [0.717, 1.165) is 10.8 Å². The van der Waals surface area contributed by atoms with Gasteiger partial charge in [0, 0.05) is 4.88 Å². The minimum atomic E-state index is -1.50. The third kappa shape index (κ3) is 3.14. The fourth-order valence-electron chi connectivity index (χ4n) is 2.76. The summed E-state index contributed by atoms with van der Waals surface area (Å²) in [5.74, 6) is -1.67. The number of ether oxygens (including phenoxy) is 1. The summed E-state index contributed by atoms with van der Waals surface area (Å²) >= 11 is 1.32. The van der Waals surface area contributed by atoms with Gasteiger partial charge in [-0.2, -0.15) is 0 Å². The molecule has 0 fully saturated rings. The van der Waals surface area contributed by atoms with Crippen LogP contribution in [0.25, 0.3) is 10.8 Å². The Kier molecular flexibility index (Phi) is 4.66. The number of rotatable bonds is 4. The van der Waals surface area contributed by atoms with Crippen LogP contribution in [0, 0.1) is 0 Å². The highest BCUT2D eigenvalue weighted by atomic mass is 32.1. The molecule has 5 nitrogen and oxygen atoms in total. The van der Waals surface area contributed by atoms with Gasteiger partial charge in [0.05, 0.1) is 0 Å². The van der Waals surface area contributed by atoms with Crippen LogP contribution in [-0.2, 0) is 25.4 Å². The van der Waals surface area contributed by atoms with Crippen LogP contribution < -0.4 is 11.5 Å². The molecule has 2 aromatic carbocycles. The predicted octanol–water partition coefficient (Wildman–Crippen LogP) is 3.02. The molecule has 0 spiro atoms. The molecule has 0 aliphatic rings. The van der Waals surface area contributed by atoms with Gasteiger partial charge in [0.1, 0.15) is 11.1 Å². The quantitative estimate of drug-likeness (QED) is 0.545. The van der Waals surface area contributed by atoms with E-state index in [1.165, 1.54) is 25.2 Å². The molecule has 0 bridgehead atoms. The maximum Gasteiger partial charge on any atom is 0.339 e. The number of hydrogen-bond acceptors (Lipinski definition) is 6. The second-order valence-corrected chi connectivity index (χ2v) is 7.53. The van der Waals surface area contributed by atoms with E-state index in [4.69, 9.17) is 16.2 Å². The highest BCUT2D eigenvalue weighted by molar-refractivity contribution is 7.10. The van der Waals surface area contributed by atoms with E-state index in [1.54, 1.807) is 23.6 Å². The maximum absolute atomic E-state index is 12.7. The zero-order valence-corrected chi connectivity index (χ0v) is 15.4. The molecule has 2 atom stereocenters. The zero-order valence-electron chi connectivity index (χ0n) is 14.6. The lowest BCUT2D eigenvalue weighted by atomic mass is 9.88. The molecule has 6 heteroatoms. The minimum Gasteiger partial charge on any atom is -0.390 e. The third-order valence-corrected chi connectivity index (χ3v) is 5.52. The molecule has 0 aliphatic carbocycles. The van der Waals surface area contributed by atoms with E-state index in [9.17, 15) is 9.59 Å². The van der Waals surface area contributed by atoms with Crippen LogP contribution in [0.4, 0.5) is 0 Å². The second-order valence-electron chi connectivity index (χ2n) is 6.59. The van der Waals surface area contributed by atoms with Gasteiger partial charge in [-0.1, -0.05) is 48.5 Å². The molecule has 0 amide bonds. The molecule has 134 valence electrons. The number of hydrogen-bond donors (Lipinski definition) is 2. The van der Waals surface area contributed by atoms with Crippen LogP contribution in [0.5, 0.6) is 0 Å². The summed E-state index contributed by atoms with van der Waals surface area (Å²) in [4.78, 5) is 25.8. The highest BCUT2D eigenvalue weighted by Gasteiger charge is 2.40. The van der Waals surface area contributed by atoms with Gasteiger partial charge in [-0.3, -0.25) is 0 Å². The van der Waals surface area contributed by atoms with Gasteiger partial charge in [0.2, 0.25) is 0 Å². The summed E-state index contributed by atoms with van der Waals surface area (Å²) in [5.41, 5.74) is 10.1. The lowest BCUT2D eigenvalue weighted by Crippen LogP contribution is -2.49. The second kappa shape index (κ2) is 6.64. The van der Waals surface area contributed by atoms with Gasteiger partial charge in [-0.05, 0) is 41.6 Å². The maximum atomic E-state index is 12.7. The van der Waals surface area contributed by atoms with Crippen molar-refractivity contribution in [3.05, 3.63) is 70.4 Å². The van der Waals surface area contributed by atoms with Crippen molar-refractivity contribution in [2.75, 3.05) is 0 Å². The average molecular weight is 368 g/mol. The summed E-state index contributed by atoms with van der Waals surface area (Å²) in [6.45, 7) is 3.05. The van der Waals surface area contributed by atoms with Crippen molar-refractivity contribution in [3.8, 4) is 0 Å². The lowest BCUT2D eigenvalue weighted by Gasteiger charge is -2.27. The zero-order chi connectivity index (χ0) is 18.9. The summed E-state index contributed by atoms with van der Waals surface area (Å²) in [6, 6.07) is 16.6. The van der Waals surface area contributed by atoms with E-state index in [2.05, 4.69) is 0 Å². The van der Waals surface area contributed by atoms with Crippen molar-refractivity contribution in [2.24, 2.45) is 11.5 Å². The van der Waals surface area contributed by atoms with Gasteiger partial charge < -0.3 is 16.2 Å². The Hall–Kier alpha value is -2.54. The van der Waals surface area contributed by atoms with Gasteiger partial charge in [-0.15, -0.1) is 11.3 Å². The molecule has 26 heavy (non-hydrogen) atoms. The molecule has 3 aromatic rings. The summed E-state index contributed by atoms with van der Waals surface area (Å²) in [7, 11) is 0. The third-order valence-electron chi connectivity index (χ3n) is 4.42. The Morgan fingerprint density at radius 2 is 1.54 bits per heavy atom. The Labute approximate surface area is 155 Å². The fourth-order valence-corrected chi connectivity index (χ4v) is 3.55. The Morgan fingerprint density at radius 3 is 2.23 bits per heavy atom. The van der Waals surface area contributed by atoms with Gasteiger partial charge in [0.15, 0.2) is 0 Å². The molecule has 3 rings (SSSR count). The van der Waals surface area contributed by atoms with Gasteiger partial charge in [0.25, 0.3) is 0 Å². The Bertz CT molecular complexity index is 957. The molecule has 1 aromatic heterocycles. The number of fused-ring (bicyclic) bond motifs is 1. The number of thiophene rings is 1. The van der Waals surface area contributed by atoms with E-state index < -0.39 is 23.0 Å². The van der Waals surface area contributed by atoms with Crippen LogP contribution >= 0.6 is 11.3 Å². The smallest absolute Gasteiger partial charge is 0.339 e. The first kappa shape index (κ1) is 18.3. The molecule has 0 radical (unpaired) electrons. The van der Waals surface area contributed by atoms with Crippen LogP contribution in [-0.4, -0.2) is 11.9 Å². The number of benzene rings is 2. The SMILES string of the molecule is C[C@](N)(C(=O)OC(=O)[C@](C)(N)c1cccc2ccccc12)c1cccs1. The van der Waals surface area contributed by atoms with Crippen molar-refractivity contribution in [1.82, 2.24) is 0 Å².